The summed E-state index contributed by atoms with van der Waals surface area (Å²) in [6.45, 7) is 2.48. The topological polar surface area (TPSA) is 73.5 Å². The molecule has 1 N–H and O–H groups in total. The first-order chi connectivity index (χ1) is 16.1. The Kier molecular flexibility index (Phi) is 6.15. The summed E-state index contributed by atoms with van der Waals surface area (Å²) in [4.78, 5) is 15.0. The number of amides is 1. The Hall–Kier alpha value is -3.17. The number of likely N-dealkylation sites (tertiary alicyclic amines) is 1. The van der Waals surface area contributed by atoms with Gasteiger partial charge in [0, 0.05) is 19.3 Å². The van der Waals surface area contributed by atoms with E-state index in [4.69, 9.17) is 26.8 Å². The van der Waals surface area contributed by atoms with Gasteiger partial charge in [0.15, 0.2) is 28.2 Å². The van der Waals surface area contributed by atoms with E-state index in [1.54, 1.807) is 0 Å². The molecule has 9 heteroatoms. The number of piperidine rings is 1. The number of hydrogen-bond donors (Lipinski definition) is 1. The highest BCUT2D eigenvalue weighted by Crippen LogP contribution is 2.35. The number of aromatic nitrogens is 3. The van der Waals surface area contributed by atoms with Crippen molar-refractivity contribution in [3.8, 4) is 11.5 Å². The minimum Gasteiger partial charge on any atom is -0.485 e. The number of benzene rings is 2. The van der Waals surface area contributed by atoms with Gasteiger partial charge in [0.2, 0.25) is 5.91 Å². The minimum absolute atomic E-state index is 0.0580. The SMILES string of the molecule is Cn1c(C2COc3ccccc3O2)nn(CN2CCCC(C(=O)Nc3ccccc3)C2)c1=S. The highest BCUT2D eigenvalue weighted by atomic mass is 32.1. The number of hydrogen-bond acceptors (Lipinski definition) is 6. The summed E-state index contributed by atoms with van der Waals surface area (Å²) in [7, 11) is 1.90. The molecule has 3 aromatic rings. The molecule has 2 aliphatic rings. The highest BCUT2D eigenvalue weighted by molar-refractivity contribution is 7.71. The third kappa shape index (κ3) is 4.65. The highest BCUT2D eigenvalue weighted by Gasteiger charge is 2.29. The van der Waals surface area contributed by atoms with Gasteiger partial charge in [0.1, 0.15) is 6.61 Å². The first-order valence-corrected chi connectivity index (χ1v) is 11.6. The van der Waals surface area contributed by atoms with Crippen molar-refractivity contribution in [2.75, 3.05) is 25.0 Å². The molecule has 0 aliphatic carbocycles. The van der Waals surface area contributed by atoms with Gasteiger partial charge in [-0.25, -0.2) is 4.68 Å². The summed E-state index contributed by atoms with van der Waals surface area (Å²) in [6.07, 6.45) is 1.50. The van der Waals surface area contributed by atoms with Gasteiger partial charge in [-0.05, 0) is 55.9 Å². The summed E-state index contributed by atoms with van der Waals surface area (Å²) in [6, 6.07) is 17.2. The number of nitrogens with one attached hydrogen (secondary N) is 1. The third-order valence-corrected chi connectivity index (χ3v) is 6.61. The summed E-state index contributed by atoms with van der Waals surface area (Å²) < 4.78 is 16.3. The molecule has 3 heterocycles. The van der Waals surface area contributed by atoms with E-state index in [-0.39, 0.29) is 17.9 Å². The Balaban J connectivity index is 1.26. The predicted molar refractivity (Wildman–Crippen MR) is 127 cm³/mol. The molecule has 1 aromatic heterocycles. The molecule has 172 valence electrons. The first kappa shape index (κ1) is 21.7. The van der Waals surface area contributed by atoms with Crippen molar-refractivity contribution in [2.24, 2.45) is 13.0 Å². The zero-order valence-electron chi connectivity index (χ0n) is 18.5. The third-order valence-electron chi connectivity index (χ3n) is 6.12. The van der Waals surface area contributed by atoms with E-state index in [1.165, 1.54) is 0 Å². The van der Waals surface area contributed by atoms with E-state index in [0.717, 1.165) is 36.6 Å². The molecule has 1 saturated heterocycles. The number of para-hydroxylation sites is 3. The standard InChI is InChI=1S/C24H27N5O3S/c1-27-22(21-15-31-19-11-5-6-12-20(19)32-21)26-29(24(27)33)16-28-13-7-8-17(14-28)23(30)25-18-9-3-2-4-10-18/h2-6,9-12,17,21H,7-8,13-16H2,1H3,(H,25,30). The zero-order chi connectivity index (χ0) is 22.8. The van der Waals surface area contributed by atoms with E-state index in [9.17, 15) is 4.79 Å². The maximum atomic E-state index is 12.8. The van der Waals surface area contributed by atoms with Gasteiger partial charge in [0.25, 0.3) is 0 Å². The van der Waals surface area contributed by atoms with Crippen LogP contribution in [0.3, 0.4) is 0 Å². The number of anilines is 1. The van der Waals surface area contributed by atoms with Gasteiger partial charge in [0.05, 0.1) is 12.6 Å². The van der Waals surface area contributed by atoms with Crippen molar-refractivity contribution in [1.82, 2.24) is 19.2 Å². The van der Waals surface area contributed by atoms with Crippen LogP contribution in [0, 0.1) is 10.7 Å². The Morgan fingerprint density at radius 2 is 1.91 bits per heavy atom. The fraction of sp³-hybridized carbons (Fsp3) is 0.375. The average molecular weight is 466 g/mol. The van der Waals surface area contributed by atoms with Gasteiger partial charge in [-0.3, -0.25) is 9.69 Å². The fourth-order valence-electron chi connectivity index (χ4n) is 4.38. The smallest absolute Gasteiger partial charge is 0.228 e. The predicted octanol–water partition coefficient (Wildman–Crippen LogP) is 3.77. The van der Waals surface area contributed by atoms with Crippen molar-refractivity contribution in [3.05, 3.63) is 65.2 Å². The minimum atomic E-state index is -0.335. The fourth-order valence-corrected chi connectivity index (χ4v) is 4.57. The van der Waals surface area contributed by atoms with Gasteiger partial charge in [-0.1, -0.05) is 30.3 Å². The molecule has 2 aliphatic heterocycles. The molecule has 5 rings (SSSR count). The second-order valence-corrected chi connectivity index (χ2v) is 8.84. The molecule has 1 amide bonds. The van der Waals surface area contributed by atoms with E-state index in [0.29, 0.717) is 30.3 Å². The van der Waals surface area contributed by atoms with E-state index in [2.05, 4.69) is 10.2 Å². The number of carbonyl (C=O) groups excluding carboxylic acids is 1. The molecule has 0 bridgehead atoms. The van der Waals surface area contributed by atoms with E-state index < -0.39 is 0 Å². The van der Waals surface area contributed by atoms with Crippen LogP contribution in [0.2, 0.25) is 0 Å². The Morgan fingerprint density at radius 3 is 2.73 bits per heavy atom. The number of rotatable bonds is 5. The largest absolute Gasteiger partial charge is 0.485 e. The molecular weight excluding hydrogens is 438 g/mol. The monoisotopic (exact) mass is 465 g/mol. The first-order valence-electron chi connectivity index (χ1n) is 11.2. The quantitative estimate of drug-likeness (QED) is 0.579. The zero-order valence-corrected chi connectivity index (χ0v) is 19.3. The molecule has 2 atom stereocenters. The van der Waals surface area contributed by atoms with Crippen LogP contribution in [0.1, 0.15) is 24.8 Å². The number of fused-ring (bicyclic) bond motifs is 1. The summed E-state index contributed by atoms with van der Waals surface area (Å²) >= 11 is 5.66. The molecule has 0 saturated carbocycles. The lowest BCUT2D eigenvalue weighted by Crippen LogP contribution is -2.41. The summed E-state index contributed by atoms with van der Waals surface area (Å²) in [5, 5.41) is 7.79. The lowest BCUT2D eigenvalue weighted by molar-refractivity contribution is -0.121. The number of nitrogens with zero attached hydrogens (tertiary/aromatic N) is 4. The van der Waals surface area contributed by atoms with Crippen LogP contribution >= 0.6 is 12.2 Å². The van der Waals surface area contributed by atoms with Gasteiger partial charge in [-0.15, -0.1) is 0 Å². The molecule has 33 heavy (non-hydrogen) atoms. The molecule has 8 nitrogen and oxygen atoms in total. The van der Waals surface area contributed by atoms with Gasteiger partial charge < -0.3 is 19.4 Å². The lowest BCUT2D eigenvalue weighted by atomic mass is 9.97. The second kappa shape index (κ2) is 9.36. The molecule has 0 spiro atoms. The summed E-state index contributed by atoms with van der Waals surface area (Å²) in [5.74, 6) is 2.16. The lowest BCUT2D eigenvalue weighted by Gasteiger charge is -2.31. The molecule has 2 aromatic carbocycles. The number of ether oxygens (including phenoxy) is 2. The summed E-state index contributed by atoms with van der Waals surface area (Å²) in [5.41, 5.74) is 0.826. The van der Waals surface area contributed by atoms with Crippen molar-refractivity contribution >= 4 is 23.8 Å². The van der Waals surface area contributed by atoms with Crippen molar-refractivity contribution in [1.29, 1.82) is 0 Å². The molecular formula is C24H27N5O3S. The van der Waals surface area contributed by atoms with Gasteiger partial charge >= 0.3 is 0 Å². The van der Waals surface area contributed by atoms with Crippen molar-refractivity contribution < 1.29 is 14.3 Å². The van der Waals surface area contributed by atoms with Crippen LogP contribution < -0.4 is 14.8 Å². The van der Waals surface area contributed by atoms with E-state index in [1.807, 2.05) is 70.9 Å². The van der Waals surface area contributed by atoms with Crippen molar-refractivity contribution in [3.63, 3.8) is 0 Å². The number of carbonyl (C=O) groups is 1. The maximum Gasteiger partial charge on any atom is 0.228 e. The Labute approximate surface area is 197 Å². The Morgan fingerprint density at radius 1 is 1.15 bits per heavy atom. The second-order valence-electron chi connectivity index (χ2n) is 8.48. The van der Waals surface area contributed by atoms with E-state index >= 15 is 0 Å². The van der Waals surface area contributed by atoms with Gasteiger partial charge in [-0.2, -0.15) is 5.10 Å². The molecule has 1 fully saturated rings. The van der Waals surface area contributed by atoms with Crippen LogP contribution in [-0.4, -0.2) is 44.9 Å². The average Bonchev–Trinajstić information content (AvgIpc) is 3.13. The van der Waals surface area contributed by atoms with Crippen LogP contribution in [-0.2, 0) is 18.5 Å². The van der Waals surface area contributed by atoms with Crippen LogP contribution in [0.5, 0.6) is 11.5 Å². The normalized spacial score (nSPS) is 20.4. The van der Waals surface area contributed by atoms with Crippen LogP contribution in [0.4, 0.5) is 5.69 Å². The molecule has 2 unspecified atom stereocenters. The molecule has 0 radical (unpaired) electrons. The van der Waals surface area contributed by atoms with Crippen LogP contribution in [0.25, 0.3) is 0 Å². The maximum absolute atomic E-state index is 12.8. The Bertz CT molecular complexity index is 1190. The van der Waals surface area contributed by atoms with Crippen molar-refractivity contribution in [2.45, 2.75) is 25.6 Å². The van der Waals surface area contributed by atoms with Crippen LogP contribution in [0.15, 0.2) is 54.6 Å².